The van der Waals surface area contributed by atoms with E-state index >= 15 is 0 Å². The molecule has 0 aliphatic carbocycles. The maximum Gasteiger partial charge on any atom is 0.133 e. The first-order valence-corrected chi connectivity index (χ1v) is 12.0. The van der Waals surface area contributed by atoms with Gasteiger partial charge in [0.2, 0.25) is 0 Å². The van der Waals surface area contributed by atoms with Crippen molar-refractivity contribution >= 4 is 17.4 Å². The highest BCUT2D eigenvalue weighted by molar-refractivity contribution is 6.31. The fraction of sp³-hybridized carbons (Fsp3) is 0.423. The molecule has 1 atom stereocenters. The van der Waals surface area contributed by atoms with Crippen LogP contribution < -0.4 is 5.32 Å². The first kappa shape index (κ1) is 20.6. The van der Waals surface area contributed by atoms with E-state index in [1.54, 1.807) is 0 Å². The van der Waals surface area contributed by atoms with E-state index in [4.69, 9.17) is 16.7 Å². The first-order valence-electron chi connectivity index (χ1n) is 11.6. The smallest absolute Gasteiger partial charge is 0.133 e. The van der Waals surface area contributed by atoms with Gasteiger partial charge < -0.3 is 5.32 Å². The molecule has 0 bridgehead atoms. The van der Waals surface area contributed by atoms with E-state index in [9.17, 15) is 0 Å². The molecule has 3 aromatic rings. The average molecular weight is 435 g/mol. The van der Waals surface area contributed by atoms with Crippen LogP contribution in [0.2, 0.25) is 5.02 Å². The molecule has 2 aliphatic heterocycles. The summed E-state index contributed by atoms with van der Waals surface area (Å²) in [7, 11) is 0. The van der Waals surface area contributed by atoms with Crippen molar-refractivity contribution in [3.63, 3.8) is 0 Å². The highest BCUT2D eigenvalue weighted by Crippen LogP contribution is 2.36. The van der Waals surface area contributed by atoms with Gasteiger partial charge in [-0.3, -0.25) is 4.90 Å². The lowest BCUT2D eigenvalue weighted by atomic mass is 9.91. The molecule has 1 unspecified atom stereocenters. The second kappa shape index (κ2) is 9.05. The minimum Gasteiger partial charge on any atom is -0.370 e. The third kappa shape index (κ3) is 4.37. The summed E-state index contributed by atoms with van der Waals surface area (Å²) in [6.45, 7) is 6.31. The summed E-state index contributed by atoms with van der Waals surface area (Å²) in [5.74, 6) is 1.65. The number of aryl methyl sites for hydroxylation is 1. The van der Waals surface area contributed by atoms with Crippen LogP contribution in [0.5, 0.6) is 0 Å². The van der Waals surface area contributed by atoms with E-state index in [1.807, 2.05) is 13.0 Å². The lowest BCUT2D eigenvalue weighted by Crippen LogP contribution is -2.34. The van der Waals surface area contributed by atoms with Crippen LogP contribution in [0.25, 0.3) is 5.69 Å². The summed E-state index contributed by atoms with van der Waals surface area (Å²) in [5.41, 5.74) is 6.24. The number of aromatic nitrogens is 2. The Morgan fingerprint density at radius 1 is 1.10 bits per heavy atom. The van der Waals surface area contributed by atoms with Crippen LogP contribution >= 0.6 is 11.6 Å². The van der Waals surface area contributed by atoms with Gasteiger partial charge in [-0.25, -0.2) is 4.68 Å². The van der Waals surface area contributed by atoms with Crippen LogP contribution in [0.4, 0.5) is 5.82 Å². The SMILES string of the molecule is Cc1ccc(-n2nc(C3CCCN(Cc4ccccc4)C3)c3c2NCCCC3)cc1Cl. The number of hydrogen-bond donors (Lipinski definition) is 1. The molecule has 162 valence electrons. The third-order valence-corrected chi connectivity index (χ3v) is 7.11. The largest absolute Gasteiger partial charge is 0.370 e. The van der Waals surface area contributed by atoms with Gasteiger partial charge in [0.15, 0.2) is 0 Å². The average Bonchev–Trinajstić information content (AvgIpc) is 2.97. The predicted molar refractivity (Wildman–Crippen MR) is 128 cm³/mol. The Labute approximate surface area is 190 Å². The molecule has 0 amide bonds. The molecule has 1 saturated heterocycles. The summed E-state index contributed by atoms with van der Waals surface area (Å²) in [4.78, 5) is 2.60. The molecule has 4 nitrogen and oxygen atoms in total. The number of nitrogens with one attached hydrogen (secondary N) is 1. The molecule has 1 fully saturated rings. The van der Waals surface area contributed by atoms with Crippen LogP contribution in [0, 0.1) is 6.92 Å². The van der Waals surface area contributed by atoms with Gasteiger partial charge in [0.05, 0.1) is 11.4 Å². The number of fused-ring (bicyclic) bond motifs is 1. The molecule has 5 rings (SSSR count). The van der Waals surface area contributed by atoms with Crippen molar-refractivity contribution in [2.24, 2.45) is 0 Å². The summed E-state index contributed by atoms with van der Waals surface area (Å²) in [5, 5.41) is 9.68. The minimum atomic E-state index is 0.480. The Balaban J connectivity index is 1.47. The van der Waals surface area contributed by atoms with E-state index in [0.717, 1.165) is 42.3 Å². The van der Waals surface area contributed by atoms with Gasteiger partial charge >= 0.3 is 0 Å². The number of likely N-dealkylation sites (tertiary alicyclic amines) is 1. The standard InChI is InChI=1S/C26H31ClN4/c1-19-12-13-22(16-24(19)27)31-26-23(11-5-6-14-28-26)25(29-31)21-10-7-15-30(18-21)17-20-8-3-2-4-9-20/h2-4,8-9,12-13,16,21,28H,5-7,10-11,14-15,17-18H2,1H3. The van der Waals surface area contributed by atoms with Crippen molar-refractivity contribution in [2.75, 3.05) is 25.0 Å². The molecule has 2 aliphatic rings. The molecule has 0 radical (unpaired) electrons. The van der Waals surface area contributed by atoms with Gasteiger partial charge in [0, 0.05) is 36.1 Å². The number of anilines is 1. The van der Waals surface area contributed by atoms with E-state index in [2.05, 4.69) is 57.4 Å². The van der Waals surface area contributed by atoms with E-state index in [0.29, 0.717) is 5.92 Å². The molecule has 0 saturated carbocycles. The Hall–Kier alpha value is -2.30. The maximum atomic E-state index is 6.46. The summed E-state index contributed by atoms with van der Waals surface area (Å²) in [6, 6.07) is 17.1. The van der Waals surface area contributed by atoms with Gasteiger partial charge in [-0.1, -0.05) is 48.0 Å². The second-order valence-electron chi connectivity index (χ2n) is 9.00. The molecule has 3 heterocycles. The lowest BCUT2D eigenvalue weighted by molar-refractivity contribution is 0.198. The van der Waals surface area contributed by atoms with Crippen molar-refractivity contribution in [1.82, 2.24) is 14.7 Å². The molecule has 31 heavy (non-hydrogen) atoms. The fourth-order valence-corrected chi connectivity index (χ4v) is 5.20. The summed E-state index contributed by atoms with van der Waals surface area (Å²) in [6.07, 6.45) is 5.96. The molecule has 2 aromatic carbocycles. The number of nitrogens with zero attached hydrogens (tertiary/aromatic N) is 3. The molecular formula is C26H31ClN4. The topological polar surface area (TPSA) is 33.1 Å². The summed E-state index contributed by atoms with van der Waals surface area (Å²) >= 11 is 6.46. The van der Waals surface area contributed by atoms with Crippen LogP contribution in [0.3, 0.4) is 0 Å². The van der Waals surface area contributed by atoms with Crippen molar-refractivity contribution in [1.29, 1.82) is 0 Å². The van der Waals surface area contributed by atoms with E-state index < -0.39 is 0 Å². The Bertz CT molecular complexity index is 1040. The Morgan fingerprint density at radius 3 is 2.81 bits per heavy atom. The van der Waals surface area contributed by atoms with Crippen molar-refractivity contribution < 1.29 is 0 Å². The van der Waals surface area contributed by atoms with Gasteiger partial charge in [-0.15, -0.1) is 0 Å². The monoisotopic (exact) mass is 434 g/mol. The van der Waals surface area contributed by atoms with E-state index in [1.165, 1.54) is 54.9 Å². The molecule has 1 N–H and O–H groups in total. The highest BCUT2D eigenvalue weighted by atomic mass is 35.5. The van der Waals surface area contributed by atoms with Crippen LogP contribution in [0.1, 0.15) is 54.0 Å². The van der Waals surface area contributed by atoms with Gasteiger partial charge in [0.1, 0.15) is 5.82 Å². The number of halogens is 1. The molecule has 5 heteroatoms. The zero-order valence-electron chi connectivity index (χ0n) is 18.3. The maximum absolute atomic E-state index is 6.46. The van der Waals surface area contributed by atoms with E-state index in [-0.39, 0.29) is 0 Å². The Kier molecular flexibility index (Phi) is 6.02. The van der Waals surface area contributed by atoms with Gasteiger partial charge in [-0.2, -0.15) is 5.10 Å². The lowest BCUT2D eigenvalue weighted by Gasteiger charge is -2.32. The third-order valence-electron chi connectivity index (χ3n) is 6.70. The quantitative estimate of drug-likeness (QED) is 0.549. The van der Waals surface area contributed by atoms with Crippen molar-refractivity contribution in [3.05, 3.63) is 75.9 Å². The molecular weight excluding hydrogens is 404 g/mol. The Morgan fingerprint density at radius 2 is 1.97 bits per heavy atom. The summed E-state index contributed by atoms with van der Waals surface area (Å²) < 4.78 is 2.11. The van der Waals surface area contributed by atoms with Crippen LogP contribution in [0.15, 0.2) is 48.5 Å². The van der Waals surface area contributed by atoms with Crippen LogP contribution in [-0.2, 0) is 13.0 Å². The second-order valence-corrected chi connectivity index (χ2v) is 9.41. The number of rotatable bonds is 4. The molecule has 1 aromatic heterocycles. The molecule has 0 spiro atoms. The normalized spacial score (nSPS) is 19.5. The van der Waals surface area contributed by atoms with Gasteiger partial charge in [-0.05, 0) is 68.8 Å². The number of benzene rings is 2. The number of piperidine rings is 1. The fourth-order valence-electron chi connectivity index (χ4n) is 5.02. The first-order chi connectivity index (χ1) is 15.2. The predicted octanol–water partition coefficient (Wildman–Crippen LogP) is 5.96. The van der Waals surface area contributed by atoms with Crippen LogP contribution in [-0.4, -0.2) is 34.3 Å². The zero-order valence-corrected chi connectivity index (χ0v) is 19.0. The highest BCUT2D eigenvalue weighted by Gasteiger charge is 2.29. The van der Waals surface area contributed by atoms with Crippen molar-refractivity contribution in [2.45, 2.75) is 51.5 Å². The zero-order chi connectivity index (χ0) is 21.2. The van der Waals surface area contributed by atoms with Gasteiger partial charge in [0.25, 0.3) is 0 Å². The minimum absolute atomic E-state index is 0.480. The van der Waals surface area contributed by atoms with Crippen molar-refractivity contribution in [3.8, 4) is 5.69 Å². The number of hydrogen-bond acceptors (Lipinski definition) is 3.